The van der Waals surface area contributed by atoms with E-state index in [0.717, 1.165) is 18.1 Å². The molecule has 3 unspecified atom stereocenters. The van der Waals surface area contributed by atoms with Crippen molar-refractivity contribution in [2.45, 2.75) is 69.5 Å². The van der Waals surface area contributed by atoms with E-state index in [9.17, 15) is 0 Å². The van der Waals surface area contributed by atoms with Crippen LogP contribution >= 0.6 is 0 Å². The fourth-order valence-electron chi connectivity index (χ4n) is 4.75. The first-order valence-electron chi connectivity index (χ1n) is 8.90. The lowest BCUT2D eigenvalue weighted by molar-refractivity contribution is 0.0162. The maximum absolute atomic E-state index is 2.81. The van der Waals surface area contributed by atoms with Gasteiger partial charge in [-0.1, -0.05) is 12.8 Å². The van der Waals surface area contributed by atoms with Gasteiger partial charge in [-0.2, -0.15) is 0 Å². The zero-order valence-electron chi connectivity index (χ0n) is 13.6. The van der Waals surface area contributed by atoms with E-state index in [-0.39, 0.29) is 0 Å². The minimum Gasteiger partial charge on any atom is -0.302 e. The van der Waals surface area contributed by atoms with E-state index in [1.54, 1.807) is 0 Å². The quantitative estimate of drug-likeness (QED) is 0.768. The van der Waals surface area contributed by atoms with E-state index in [2.05, 4.69) is 28.8 Å². The third-order valence-electron chi connectivity index (χ3n) is 6.07. The van der Waals surface area contributed by atoms with Crippen LogP contribution in [0, 0.1) is 0 Å². The number of likely N-dealkylation sites (N-methyl/N-ethyl adjacent to an activating group) is 2. The van der Waals surface area contributed by atoms with E-state index >= 15 is 0 Å². The molecule has 0 aromatic rings. The van der Waals surface area contributed by atoms with Crippen molar-refractivity contribution >= 4 is 0 Å². The number of likely N-dealkylation sites (tertiary alicyclic amines) is 3. The molecule has 3 saturated heterocycles. The van der Waals surface area contributed by atoms with Crippen molar-refractivity contribution in [2.75, 3.05) is 40.3 Å². The largest absolute Gasteiger partial charge is 0.302 e. The Bertz CT molecular complexity index is 301. The second-order valence-electron chi connectivity index (χ2n) is 7.37. The molecule has 0 amide bonds. The summed E-state index contributed by atoms with van der Waals surface area (Å²) in [4.78, 5) is 8.11. The van der Waals surface area contributed by atoms with Crippen molar-refractivity contribution in [1.29, 1.82) is 0 Å². The van der Waals surface area contributed by atoms with Gasteiger partial charge in [-0.25, -0.2) is 0 Å². The van der Waals surface area contributed by atoms with Gasteiger partial charge in [0, 0.05) is 18.1 Å². The van der Waals surface area contributed by atoms with Crippen LogP contribution in [0.25, 0.3) is 0 Å². The first kappa shape index (κ1) is 14.8. The van der Waals surface area contributed by atoms with Gasteiger partial charge in [0.2, 0.25) is 0 Å². The zero-order valence-corrected chi connectivity index (χ0v) is 13.6. The van der Waals surface area contributed by atoms with E-state index in [1.165, 1.54) is 77.5 Å². The Morgan fingerprint density at radius 1 is 0.650 bits per heavy atom. The molecule has 0 spiro atoms. The molecule has 3 heterocycles. The van der Waals surface area contributed by atoms with Crippen LogP contribution in [-0.2, 0) is 0 Å². The van der Waals surface area contributed by atoms with Gasteiger partial charge < -0.3 is 14.7 Å². The van der Waals surface area contributed by atoms with Gasteiger partial charge >= 0.3 is 0 Å². The highest BCUT2D eigenvalue weighted by Gasteiger charge is 2.36. The number of rotatable bonds is 2. The molecular formula is C17H33N3. The van der Waals surface area contributed by atoms with E-state index < -0.39 is 0 Å². The molecule has 20 heavy (non-hydrogen) atoms. The summed E-state index contributed by atoms with van der Waals surface area (Å²) < 4.78 is 0. The lowest BCUT2D eigenvalue weighted by Gasteiger charge is -2.49. The van der Waals surface area contributed by atoms with Crippen LogP contribution in [0.2, 0.25) is 0 Å². The summed E-state index contributed by atoms with van der Waals surface area (Å²) in [5, 5.41) is 0. The van der Waals surface area contributed by atoms with Gasteiger partial charge in [-0.05, 0) is 78.8 Å². The van der Waals surface area contributed by atoms with Crippen molar-refractivity contribution < 1.29 is 0 Å². The molecule has 0 bridgehead atoms. The number of hydrogen-bond donors (Lipinski definition) is 0. The van der Waals surface area contributed by atoms with Crippen LogP contribution in [0.15, 0.2) is 0 Å². The average Bonchev–Trinajstić information content (AvgIpc) is 2.49. The molecule has 3 nitrogen and oxygen atoms in total. The maximum Gasteiger partial charge on any atom is 0.0263 e. The fraction of sp³-hybridized carbons (Fsp3) is 1.00. The fourth-order valence-corrected chi connectivity index (χ4v) is 4.75. The molecule has 0 aromatic heterocycles. The standard InChI is InChI=1S/C17H33N3/c1-18-10-7-4-8-16(18)17-14-15(9-13-19(17)2)20-11-5-3-6-12-20/h15-17H,3-14H2,1-2H3. The molecule has 0 saturated carbocycles. The highest BCUT2D eigenvalue weighted by Crippen LogP contribution is 2.30. The molecule has 3 rings (SSSR count). The third kappa shape index (κ3) is 3.20. The summed E-state index contributed by atoms with van der Waals surface area (Å²) in [6.45, 7) is 5.34. The van der Waals surface area contributed by atoms with Crippen LogP contribution < -0.4 is 0 Å². The summed E-state index contributed by atoms with van der Waals surface area (Å²) in [5.41, 5.74) is 0. The summed E-state index contributed by atoms with van der Waals surface area (Å²) in [7, 11) is 4.71. The Balaban J connectivity index is 1.63. The smallest absolute Gasteiger partial charge is 0.0263 e. The molecule has 3 atom stereocenters. The van der Waals surface area contributed by atoms with Crippen LogP contribution in [0.3, 0.4) is 0 Å². The molecule has 3 aliphatic heterocycles. The number of piperidine rings is 3. The first-order chi connectivity index (χ1) is 9.75. The molecule has 0 aliphatic carbocycles. The Morgan fingerprint density at radius 2 is 1.35 bits per heavy atom. The Kier molecular flexibility index (Phi) is 5.00. The van der Waals surface area contributed by atoms with Gasteiger partial charge in [-0.3, -0.25) is 0 Å². The predicted octanol–water partition coefficient (Wildman–Crippen LogP) is 2.42. The van der Waals surface area contributed by atoms with Crippen molar-refractivity contribution in [1.82, 2.24) is 14.7 Å². The lowest BCUT2D eigenvalue weighted by atomic mass is 9.86. The normalized spacial score (nSPS) is 39.0. The maximum atomic E-state index is 2.81. The van der Waals surface area contributed by atoms with Crippen molar-refractivity contribution in [2.24, 2.45) is 0 Å². The molecule has 0 N–H and O–H groups in total. The van der Waals surface area contributed by atoms with Gasteiger partial charge in [0.25, 0.3) is 0 Å². The average molecular weight is 279 g/mol. The van der Waals surface area contributed by atoms with Crippen LogP contribution in [0.4, 0.5) is 0 Å². The summed E-state index contributed by atoms with van der Waals surface area (Å²) in [6, 6.07) is 2.47. The van der Waals surface area contributed by atoms with E-state index in [1.807, 2.05) is 0 Å². The Labute approximate surface area is 125 Å². The van der Waals surface area contributed by atoms with Crippen molar-refractivity contribution in [3.8, 4) is 0 Å². The highest BCUT2D eigenvalue weighted by atomic mass is 15.3. The third-order valence-corrected chi connectivity index (χ3v) is 6.07. The van der Waals surface area contributed by atoms with Crippen LogP contribution in [0.5, 0.6) is 0 Å². The van der Waals surface area contributed by atoms with Gasteiger partial charge in [0.1, 0.15) is 0 Å². The molecule has 116 valence electrons. The van der Waals surface area contributed by atoms with Crippen LogP contribution in [0.1, 0.15) is 51.4 Å². The summed E-state index contributed by atoms with van der Waals surface area (Å²) in [5.74, 6) is 0. The topological polar surface area (TPSA) is 9.72 Å². The monoisotopic (exact) mass is 279 g/mol. The second kappa shape index (κ2) is 6.76. The summed E-state index contributed by atoms with van der Waals surface area (Å²) >= 11 is 0. The lowest BCUT2D eigenvalue weighted by Crippen LogP contribution is -2.57. The molecule has 0 radical (unpaired) electrons. The molecular weight excluding hydrogens is 246 g/mol. The van der Waals surface area contributed by atoms with Crippen LogP contribution in [-0.4, -0.2) is 73.1 Å². The number of nitrogens with zero attached hydrogens (tertiary/aromatic N) is 3. The van der Waals surface area contributed by atoms with Gasteiger partial charge in [-0.15, -0.1) is 0 Å². The molecule has 3 fully saturated rings. The van der Waals surface area contributed by atoms with Gasteiger partial charge in [0.05, 0.1) is 0 Å². The SMILES string of the molecule is CN1CCCCC1C1CC(N2CCCCC2)CCN1C. The van der Waals surface area contributed by atoms with E-state index in [0.29, 0.717) is 0 Å². The minimum absolute atomic E-state index is 0.793. The summed E-state index contributed by atoms with van der Waals surface area (Å²) in [6.07, 6.45) is 11.4. The molecule has 0 aromatic carbocycles. The van der Waals surface area contributed by atoms with Crippen molar-refractivity contribution in [3.05, 3.63) is 0 Å². The predicted molar refractivity (Wildman–Crippen MR) is 85.1 cm³/mol. The Morgan fingerprint density at radius 3 is 2.10 bits per heavy atom. The molecule has 3 aliphatic rings. The minimum atomic E-state index is 0.793. The second-order valence-corrected chi connectivity index (χ2v) is 7.37. The first-order valence-corrected chi connectivity index (χ1v) is 8.90. The van der Waals surface area contributed by atoms with Gasteiger partial charge in [0.15, 0.2) is 0 Å². The van der Waals surface area contributed by atoms with Crippen molar-refractivity contribution in [3.63, 3.8) is 0 Å². The number of hydrogen-bond acceptors (Lipinski definition) is 3. The Hall–Kier alpha value is -0.120. The zero-order chi connectivity index (χ0) is 13.9. The highest BCUT2D eigenvalue weighted by molar-refractivity contribution is 4.94. The van der Waals surface area contributed by atoms with E-state index in [4.69, 9.17) is 0 Å². The molecule has 3 heteroatoms.